The fraction of sp³-hybridized carbons (Fsp3) is 0.148. The summed E-state index contributed by atoms with van der Waals surface area (Å²) in [6.45, 7) is 2.24. The second-order valence-corrected chi connectivity index (χ2v) is 9.03. The SMILES string of the molecule is CCc1ccc(NC(=O)Cc2nc(-c3ccccc3)c(C(=O)Nc3ccc4c(c3)OCO4)s2)cc1. The van der Waals surface area contributed by atoms with Crippen molar-refractivity contribution in [3.05, 3.63) is 88.2 Å². The maximum absolute atomic E-state index is 13.2. The molecular formula is C27H23N3O4S. The molecule has 0 spiro atoms. The van der Waals surface area contributed by atoms with Gasteiger partial charge in [-0.25, -0.2) is 4.98 Å². The Kier molecular flexibility index (Phi) is 6.45. The fourth-order valence-electron chi connectivity index (χ4n) is 3.71. The minimum Gasteiger partial charge on any atom is -0.454 e. The Bertz CT molecular complexity index is 1370. The molecule has 35 heavy (non-hydrogen) atoms. The van der Waals surface area contributed by atoms with E-state index in [4.69, 9.17) is 9.47 Å². The summed E-state index contributed by atoms with van der Waals surface area (Å²) in [6.07, 6.45) is 1.00. The summed E-state index contributed by atoms with van der Waals surface area (Å²) < 4.78 is 10.7. The zero-order valence-corrected chi connectivity index (χ0v) is 19.9. The third-order valence-corrected chi connectivity index (χ3v) is 6.57. The Morgan fingerprint density at radius 2 is 1.66 bits per heavy atom. The molecule has 0 atom stereocenters. The van der Waals surface area contributed by atoms with Gasteiger partial charge in [0.2, 0.25) is 12.7 Å². The molecule has 0 fully saturated rings. The van der Waals surface area contributed by atoms with Crippen molar-refractivity contribution in [3.63, 3.8) is 0 Å². The highest BCUT2D eigenvalue weighted by Crippen LogP contribution is 2.35. The predicted octanol–water partition coefficient (Wildman–Crippen LogP) is 5.53. The molecule has 5 rings (SSSR count). The summed E-state index contributed by atoms with van der Waals surface area (Å²) in [4.78, 5) is 31.0. The molecule has 176 valence electrons. The smallest absolute Gasteiger partial charge is 0.268 e. The Morgan fingerprint density at radius 1 is 0.914 bits per heavy atom. The van der Waals surface area contributed by atoms with Crippen molar-refractivity contribution < 1.29 is 19.1 Å². The third kappa shape index (κ3) is 5.17. The van der Waals surface area contributed by atoms with E-state index in [1.807, 2.05) is 54.6 Å². The normalized spacial score (nSPS) is 11.8. The zero-order chi connectivity index (χ0) is 24.2. The van der Waals surface area contributed by atoms with Crippen LogP contribution in [0.4, 0.5) is 11.4 Å². The number of aromatic nitrogens is 1. The van der Waals surface area contributed by atoms with Crippen molar-refractivity contribution in [2.75, 3.05) is 17.4 Å². The number of amides is 2. The van der Waals surface area contributed by atoms with Gasteiger partial charge in [-0.15, -0.1) is 11.3 Å². The van der Waals surface area contributed by atoms with Gasteiger partial charge >= 0.3 is 0 Å². The van der Waals surface area contributed by atoms with Crippen molar-refractivity contribution in [2.45, 2.75) is 19.8 Å². The lowest BCUT2D eigenvalue weighted by atomic mass is 10.1. The number of benzene rings is 3. The number of anilines is 2. The van der Waals surface area contributed by atoms with Gasteiger partial charge < -0.3 is 20.1 Å². The molecule has 7 nitrogen and oxygen atoms in total. The first-order valence-electron chi connectivity index (χ1n) is 11.2. The molecule has 0 saturated heterocycles. The van der Waals surface area contributed by atoms with Gasteiger partial charge in [0.15, 0.2) is 11.5 Å². The number of hydrogen-bond acceptors (Lipinski definition) is 6. The molecule has 2 heterocycles. The van der Waals surface area contributed by atoms with Crippen LogP contribution in [0.5, 0.6) is 11.5 Å². The monoisotopic (exact) mass is 485 g/mol. The van der Waals surface area contributed by atoms with Crippen LogP contribution in [-0.2, 0) is 17.6 Å². The molecule has 0 radical (unpaired) electrons. The summed E-state index contributed by atoms with van der Waals surface area (Å²) in [6, 6.07) is 22.5. The molecule has 1 aliphatic rings. The Morgan fingerprint density at radius 3 is 2.43 bits per heavy atom. The van der Waals surface area contributed by atoms with Crippen molar-refractivity contribution in [3.8, 4) is 22.8 Å². The van der Waals surface area contributed by atoms with Crippen LogP contribution < -0.4 is 20.1 Å². The van der Waals surface area contributed by atoms with Crippen LogP contribution in [0.25, 0.3) is 11.3 Å². The molecule has 0 aliphatic carbocycles. The van der Waals surface area contributed by atoms with E-state index < -0.39 is 0 Å². The minimum absolute atomic E-state index is 0.0668. The van der Waals surface area contributed by atoms with Gasteiger partial charge in [0, 0.05) is 23.0 Å². The third-order valence-electron chi connectivity index (χ3n) is 5.51. The highest BCUT2D eigenvalue weighted by Gasteiger charge is 2.22. The van der Waals surface area contributed by atoms with E-state index in [0.717, 1.165) is 17.7 Å². The van der Waals surface area contributed by atoms with Crippen LogP contribution in [-0.4, -0.2) is 23.6 Å². The summed E-state index contributed by atoms with van der Waals surface area (Å²) in [7, 11) is 0. The molecule has 2 N–H and O–H groups in total. The van der Waals surface area contributed by atoms with Crippen LogP contribution in [0.2, 0.25) is 0 Å². The lowest BCUT2D eigenvalue weighted by Gasteiger charge is -2.06. The Labute approximate surface area is 206 Å². The number of fused-ring (bicyclic) bond motifs is 1. The van der Waals surface area contributed by atoms with Gasteiger partial charge in [-0.2, -0.15) is 0 Å². The minimum atomic E-state index is -0.304. The van der Waals surface area contributed by atoms with Crippen LogP contribution in [0.1, 0.15) is 27.2 Å². The highest BCUT2D eigenvalue weighted by atomic mass is 32.1. The molecular weight excluding hydrogens is 462 g/mol. The van der Waals surface area contributed by atoms with E-state index in [0.29, 0.717) is 32.8 Å². The predicted molar refractivity (Wildman–Crippen MR) is 136 cm³/mol. The van der Waals surface area contributed by atoms with Gasteiger partial charge in [-0.1, -0.05) is 49.4 Å². The first kappa shape index (κ1) is 22.6. The first-order chi connectivity index (χ1) is 17.1. The standard InChI is InChI=1S/C27H23N3O4S/c1-2-17-8-10-19(11-9-17)28-23(31)15-24-30-25(18-6-4-3-5-7-18)26(35-24)27(32)29-20-12-13-21-22(14-20)34-16-33-21/h3-14H,2,15-16H2,1H3,(H,28,31)(H,29,32). The summed E-state index contributed by atoms with van der Waals surface area (Å²) in [5.74, 6) is 0.732. The van der Waals surface area contributed by atoms with E-state index in [1.54, 1.807) is 18.2 Å². The average molecular weight is 486 g/mol. The molecule has 0 saturated carbocycles. The molecule has 0 bridgehead atoms. The van der Waals surface area contributed by atoms with Crippen molar-refractivity contribution in [2.24, 2.45) is 0 Å². The summed E-state index contributed by atoms with van der Waals surface area (Å²) >= 11 is 1.21. The number of rotatable bonds is 7. The number of hydrogen-bond donors (Lipinski definition) is 2. The maximum Gasteiger partial charge on any atom is 0.268 e. The number of nitrogens with one attached hydrogen (secondary N) is 2. The summed E-state index contributed by atoms with van der Waals surface area (Å²) in [5, 5.41) is 6.37. The highest BCUT2D eigenvalue weighted by molar-refractivity contribution is 7.14. The van der Waals surface area contributed by atoms with Gasteiger partial charge in [0.25, 0.3) is 5.91 Å². The van der Waals surface area contributed by atoms with Crippen molar-refractivity contribution in [1.82, 2.24) is 4.98 Å². The summed E-state index contributed by atoms with van der Waals surface area (Å²) in [5.41, 5.74) is 3.87. The molecule has 4 aromatic rings. The Balaban J connectivity index is 1.37. The number of thiazole rings is 1. The van der Waals surface area contributed by atoms with Crippen LogP contribution >= 0.6 is 11.3 Å². The van der Waals surface area contributed by atoms with Gasteiger partial charge in [0.05, 0.1) is 12.1 Å². The Hall–Kier alpha value is -4.17. The number of nitrogens with zero attached hydrogens (tertiary/aromatic N) is 1. The molecule has 2 amide bonds. The number of ether oxygens (including phenoxy) is 2. The molecule has 8 heteroatoms. The quantitative estimate of drug-likeness (QED) is 0.359. The largest absolute Gasteiger partial charge is 0.454 e. The van der Waals surface area contributed by atoms with Crippen LogP contribution in [0, 0.1) is 0 Å². The van der Waals surface area contributed by atoms with E-state index >= 15 is 0 Å². The molecule has 0 unspecified atom stereocenters. The second kappa shape index (κ2) is 9.99. The molecule has 1 aromatic heterocycles. The maximum atomic E-state index is 13.2. The second-order valence-electron chi connectivity index (χ2n) is 7.95. The van der Waals surface area contributed by atoms with Gasteiger partial charge in [0.1, 0.15) is 9.88 Å². The number of carbonyl (C=O) groups is 2. The van der Waals surface area contributed by atoms with E-state index in [-0.39, 0.29) is 25.0 Å². The molecule has 1 aliphatic heterocycles. The van der Waals surface area contributed by atoms with E-state index in [2.05, 4.69) is 22.5 Å². The number of aryl methyl sites for hydroxylation is 1. The van der Waals surface area contributed by atoms with Gasteiger partial charge in [-0.3, -0.25) is 9.59 Å². The zero-order valence-electron chi connectivity index (χ0n) is 19.0. The lowest BCUT2D eigenvalue weighted by Crippen LogP contribution is -2.14. The fourth-order valence-corrected chi connectivity index (χ4v) is 4.69. The average Bonchev–Trinajstić information content (AvgIpc) is 3.52. The van der Waals surface area contributed by atoms with Crippen LogP contribution in [0.3, 0.4) is 0 Å². The topological polar surface area (TPSA) is 89.6 Å². The van der Waals surface area contributed by atoms with Crippen LogP contribution in [0.15, 0.2) is 72.8 Å². The van der Waals surface area contributed by atoms with Gasteiger partial charge in [-0.05, 0) is 36.2 Å². The number of carbonyl (C=O) groups excluding carboxylic acids is 2. The first-order valence-corrected chi connectivity index (χ1v) is 12.1. The van der Waals surface area contributed by atoms with E-state index in [9.17, 15) is 9.59 Å². The lowest BCUT2D eigenvalue weighted by molar-refractivity contribution is -0.115. The van der Waals surface area contributed by atoms with Crippen molar-refractivity contribution >= 4 is 34.5 Å². The molecule has 3 aromatic carbocycles. The van der Waals surface area contributed by atoms with Crippen molar-refractivity contribution in [1.29, 1.82) is 0 Å². The van der Waals surface area contributed by atoms with E-state index in [1.165, 1.54) is 16.9 Å².